The van der Waals surface area contributed by atoms with E-state index >= 15 is 0 Å². The molecule has 1 fully saturated rings. The van der Waals surface area contributed by atoms with Gasteiger partial charge in [0.05, 0.1) is 90.2 Å². The second-order valence-corrected chi connectivity index (χ2v) is 10.3. The summed E-state index contributed by atoms with van der Waals surface area (Å²) in [6.07, 6.45) is 3.64. The first-order chi connectivity index (χ1) is 20.7. The molecule has 4 rings (SSSR count). The van der Waals surface area contributed by atoms with Gasteiger partial charge in [-0.05, 0) is 31.2 Å². The SMILES string of the molecule is CC.CC.CC.CC.CCN(CC[NH+](C)C)c1ccnc(-c2cc(=O)cc(-c3cc(N4CC[N+](C)(C)CC4)ccn3)[nH]2)c1. The number of piperazine rings is 1. The molecule has 0 saturated carbocycles. The maximum absolute atomic E-state index is 12.7. The molecule has 0 atom stereocenters. The van der Waals surface area contributed by atoms with Crippen LogP contribution in [0, 0.1) is 0 Å². The first kappa shape index (κ1) is 39.8. The highest BCUT2D eigenvalue weighted by Crippen LogP contribution is 2.25. The van der Waals surface area contributed by atoms with Crippen LogP contribution < -0.4 is 20.1 Å². The third-order valence-electron chi connectivity index (χ3n) is 6.83. The molecule has 4 heterocycles. The molecule has 1 aliphatic heterocycles. The molecule has 0 radical (unpaired) electrons. The second-order valence-electron chi connectivity index (χ2n) is 10.3. The number of nitrogens with zero attached hydrogens (tertiary/aromatic N) is 5. The van der Waals surface area contributed by atoms with Crippen molar-refractivity contribution in [3.8, 4) is 22.8 Å². The van der Waals surface area contributed by atoms with E-state index in [9.17, 15) is 4.79 Å². The lowest BCUT2D eigenvalue weighted by molar-refractivity contribution is -0.890. The number of anilines is 2. The molecule has 0 aliphatic carbocycles. The number of hydrogen-bond acceptors (Lipinski definition) is 5. The highest BCUT2D eigenvalue weighted by Gasteiger charge is 2.24. The van der Waals surface area contributed by atoms with Gasteiger partial charge >= 0.3 is 0 Å². The van der Waals surface area contributed by atoms with Crippen molar-refractivity contribution in [2.75, 3.05) is 83.8 Å². The number of likely N-dealkylation sites (N-methyl/N-ethyl adjacent to an activating group) is 3. The Bertz CT molecular complexity index is 1130. The minimum Gasteiger partial charge on any atom is -0.366 e. The van der Waals surface area contributed by atoms with E-state index in [2.05, 4.69) is 78.1 Å². The van der Waals surface area contributed by atoms with E-state index in [1.54, 1.807) is 12.1 Å². The van der Waals surface area contributed by atoms with Gasteiger partial charge in [-0.3, -0.25) is 14.8 Å². The molecular weight excluding hydrogens is 534 g/mol. The van der Waals surface area contributed by atoms with Gasteiger partial charge in [-0.2, -0.15) is 0 Å². The summed E-state index contributed by atoms with van der Waals surface area (Å²) in [4.78, 5) is 31.4. The van der Waals surface area contributed by atoms with Crippen LogP contribution in [-0.2, 0) is 0 Å². The predicted octanol–water partition coefficient (Wildman–Crippen LogP) is 5.47. The topological polar surface area (TPSA) is 69.6 Å². The van der Waals surface area contributed by atoms with Crippen LogP contribution >= 0.6 is 0 Å². The number of nitrogens with one attached hydrogen (secondary N) is 2. The van der Waals surface area contributed by atoms with Crippen LogP contribution in [0.3, 0.4) is 0 Å². The lowest BCUT2D eigenvalue weighted by atomic mass is 10.1. The third-order valence-corrected chi connectivity index (χ3v) is 6.83. The maximum Gasteiger partial charge on any atom is 0.182 e. The maximum atomic E-state index is 12.7. The van der Waals surface area contributed by atoms with Gasteiger partial charge < -0.3 is 24.2 Å². The van der Waals surface area contributed by atoms with Gasteiger partial charge in [0.15, 0.2) is 5.43 Å². The van der Waals surface area contributed by atoms with Gasteiger partial charge in [0, 0.05) is 42.4 Å². The average Bonchev–Trinajstić information content (AvgIpc) is 3.05. The van der Waals surface area contributed by atoms with Crippen molar-refractivity contribution in [2.24, 2.45) is 0 Å². The van der Waals surface area contributed by atoms with E-state index < -0.39 is 0 Å². The van der Waals surface area contributed by atoms with Crippen LogP contribution in [0.5, 0.6) is 0 Å². The smallest absolute Gasteiger partial charge is 0.182 e. The van der Waals surface area contributed by atoms with Gasteiger partial charge in [-0.1, -0.05) is 55.4 Å². The monoisotopic (exact) mass is 598 g/mol. The molecular formula is C35H63N7O+2. The van der Waals surface area contributed by atoms with Crippen LogP contribution in [0.1, 0.15) is 62.3 Å². The van der Waals surface area contributed by atoms with Crippen molar-refractivity contribution in [2.45, 2.75) is 62.3 Å². The van der Waals surface area contributed by atoms with Crippen LogP contribution in [0.25, 0.3) is 22.8 Å². The summed E-state index contributed by atoms with van der Waals surface area (Å²) in [5, 5.41) is 0. The Kier molecular flexibility index (Phi) is 19.8. The van der Waals surface area contributed by atoms with Crippen LogP contribution in [0.15, 0.2) is 53.6 Å². The summed E-state index contributed by atoms with van der Waals surface area (Å²) < 4.78 is 1.04. The molecule has 8 heteroatoms. The molecule has 2 N–H and O–H groups in total. The van der Waals surface area contributed by atoms with E-state index in [1.165, 1.54) is 4.90 Å². The molecule has 1 saturated heterocycles. The zero-order valence-corrected chi connectivity index (χ0v) is 29.7. The summed E-state index contributed by atoms with van der Waals surface area (Å²) in [6.45, 7) is 25.3. The van der Waals surface area contributed by atoms with E-state index in [0.717, 1.165) is 73.1 Å². The fourth-order valence-corrected chi connectivity index (χ4v) is 4.44. The normalized spacial score (nSPS) is 13.1. The number of rotatable bonds is 8. The van der Waals surface area contributed by atoms with E-state index in [1.807, 2.05) is 73.8 Å². The fraction of sp³-hybridized carbons (Fsp3) is 0.571. The van der Waals surface area contributed by atoms with Crippen LogP contribution in [0.2, 0.25) is 0 Å². The van der Waals surface area contributed by atoms with Crippen molar-refractivity contribution < 1.29 is 9.38 Å². The van der Waals surface area contributed by atoms with Crippen molar-refractivity contribution in [1.29, 1.82) is 0 Å². The highest BCUT2D eigenvalue weighted by molar-refractivity contribution is 5.67. The lowest BCUT2D eigenvalue weighted by Gasteiger charge is -2.40. The molecule has 0 bridgehead atoms. The fourth-order valence-electron chi connectivity index (χ4n) is 4.44. The molecule has 3 aromatic heterocycles. The van der Waals surface area contributed by atoms with E-state index in [0.29, 0.717) is 11.4 Å². The van der Waals surface area contributed by atoms with Crippen molar-refractivity contribution in [3.63, 3.8) is 0 Å². The van der Waals surface area contributed by atoms with E-state index in [4.69, 9.17) is 0 Å². The Hall–Kier alpha value is -3.23. The number of quaternary nitrogens is 2. The Morgan fingerprint density at radius 1 is 0.837 bits per heavy atom. The van der Waals surface area contributed by atoms with Crippen LogP contribution in [0.4, 0.5) is 11.4 Å². The Morgan fingerprint density at radius 2 is 1.35 bits per heavy atom. The molecule has 0 spiro atoms. The largest absolute Gasteiger partial charge is 0.366 e. The van der Waals surface area contributed by atoms with Crippen molar-refractivity contribution in [3.05, 3.63) is 59.0 Å². The highest BCUT2D eigenvalue weighted by atomic mass is 16.1. The summed E-state index contributed by atoms with van der Waals surface area (Å²) in [5.74, 6) is 0. The van der Waals surface area contributed by atoms with Gasteiger partial charge in [-0.25, -0.2) is 0 Å². The van der Waals surface area contributed by atoms with Gasteiger partial charge in [0.1, 0.15) is 0 Å². The number of H-pyrrole nitrogens is 1. The Balaban J connectivity index is 0.00000204. The number of hydrogen-bond donors (Lipinski definition) is 2. The van der Waals surface area contributed by atoms with Gasteiger partial charge in [0.25, 0.3) is 0 Å². The summed E-state index contributed by atoms with van der Waals surface area (Å²) in [6, 6.07) is 11.5. The zero-order valence-electron chi connectivity index (χ0n) is 29.7. The molecule has 3 aromatic rings. The predicted molar refractivity (Wildman–Crippen MR) is 189 cm³/mol. The molecule has 0 amide bonds. The minimum atomic E-state index is -0.0614. The van der Waals surface area contributed by atoms with Gasteiger partial charge in [0.2, 0.25) is 0 Å². The first-order valence-electron chi connectivity index (χ1n) is 16.5. The second kappa shape index (κ2) is 21.5. The Morgan fingerprint density at radius 3 is 1.86 bits per heavy atom. The summed E-state index contributed by atoms with van der Waals surface area (Å²) in [5.41, 5.74) is 5.12. The lowest BCUT2D eigenvalue weighted by Crippen LogP contribution is -3.06. The molecule has 0 unspecified atom stereocenters. The molecule has 242 valence electrons. The third kappa shape index (κ3) is 12.9. The number of pyridine rings is 3. The average molecular weight is 598 g/mol. The standard InChI is InChI=1S/C27H37N7O.4C2H6/c1-6-32(12-11-31(2)3)21-7-9-28-24(17-21)26-19-23(35)20-27(30-26)25-18-22(8-10-29-25)33-13-15-34(4,5)16-14-33;4*1-2/h7-10,17-20H,6,11-16H2,1-5H3;4*1-2H3/p+2. The van der Waals surface area contributed by atoms with Crippen molar-refractivity contribution in [1.82, 2.24) is 15.0 Å². The number of aromatic nitrogens is 3. The van der Waals surface area contributed by atoms with E-state index in [-0.39, 0.29) is 5.43 Å². The van der Waals surface area contributed by atoms with Crippen LogP contribution in [-0.4, -0.2) is 93.4 Å². The summed E-state index contributed by atoms with van der Waals surface area (Å²) in [7, 11) is 8.88. The van der Waals surface area contributed by atoms with Crippen molar-refractivity contribution >= 4 is 11.4 Å². The molecule has 8 nitrogen and oxygen atoms in total. The summed E-state index contributed by atoms with van der Waals surface area (Å²) >= 11 is 0. The zero-order chi connectivity index (χ0) is 33.0. The molecule has 0 aromatic carbocycles. The Labute approximate surface area is 263 Å². The quantitative estimate of drug-likeness (QED) is 0.337. The molecule has 43 heavy (non-hydrogen) atoms. The van der Waals surface area contributed by atoms with Gasteiger partial charge in [-0.15, -0.1) is 0 Å². The number of aromatic amines is 1. The first-order valence-corrected chi connectivity index (χ1v) is 16.5. The molecule has 1 aliphatic rings. The minimum absolute atomic E-state index is 0.0614.